The molecular weight excluding hydrogens is 185 g/mol. The minimum absolute atomic E-state index is 0.117. The summed E-state index contributed by atoms with van der Waals surface area (Å²) in [5.74, 6) is -0.270. The Bertz CT molecular complexity index is 487. The zero-order chi connectivity index (χ0) is 10.1. The topological polar surface area (TPSA) is 61.0 Å². The maximum atomic E-state index is 13.6. The van der Waals surface area contributed by atoms with E-state index in [2.05, 4.69) is 9.97 Å². The predicted molar refractivity (Wildman–Crippen MR) is 50.5 cm³/mol. The zero-order valence-corrected chi connectivity index (χ0v) is 7.49. The Morgan fingerprint density at radius 2 is 2.14 bits per heavy atom. The summed E-state index contributed by atoms with van der Waals surface area (Å²) in [6.45, 7) is 0. The fourth-order valence-corrected chi connectivity index (χ4v) is 1.27. The third-order valence-electron chi connectivity index (χ3n) is 1.95. The normalized spacial score (nSPS) is 10.4. The van der Waals surface area contributed by atoms with E-state index in [1.165, 1.54) is 19.5 Å². The second-order valence-corrected chi connectivity index (χ2v) is 2.73. The average molecular weight is 193 g/mol. The van der Waals surface area contributed by atoms with E-state index in [9.17, 15) is 4.39 Å². The third kappa shape index (κ3) is 1.14. The van der Waals surface area contributed by atoms with Crippen molar-refractivity contribution in [1.29, 1.82) is 0 Å². The van der Waals surface area contributed by atoms with Crippen molar-refractivity contribution in [2.45, 2.75) is 0 Å². The Hall–Kier alpha value is -1.91. The molecule has 0 aliphatic rings. The van der Waals surface area contributed by atoms with Crippen LogP contribution < -0.4 is 10.5 Å². The van der Waals surface area contributed by atoms with Crippen molar-refractivity contribution in [1.82, 2.24) is 9.97 Å². The summed E-state index contributed by atoms with van der Waals surface area (Å²) in [6.07, 6.45) is 1.30. The number of nitrogen functional groups attached to an aromatic ring is 1. The highest BCUT2D eigenvalue weighted by Crippen LogP contribution is 2.27. The molecule has 0 saturated heterocycles. The standard InChI is InChI=1S/C9H8FN3O/c1-14-6-3-2-5-7(8(6)10)9(11)13-4-12-5/h2-4H,1H3,(H2,11,12,13). The summed E-state index contributed by atoms with van der Waals surface area (Å²) >= 11 is 0. The van der Waals surface area contributed by atoms with Gasteiger partial charge in [-0.1, -0.05) is 0 Å². The first-order valence-corrected chi connectivity index (χ1v) is 3.96. The van der Waals surface area contributed by atoms with E-state index < -0.39 is 5.82 Å². The molecular formula is C9H8FN3O. The molecule has 2 N–H and O–H groups in total. The van der Waals surface area contributed by atoms with Crippen LogP contribution in [0.3, 0.4) is 0 Å². The fourth-order valence-electron chi connectivity index (χ4n) is 1.27. The Kier molecular flexibility index (Phi) is 1.92. The summed E-state index contributed by atoms with van der Waals surface area (Å²) in [5, 5.41) is 0.201. The number of rotatable bonds is 1. The van der Waals surface area contributed by atoms with Gasteiger partial charge in [0.1, 0.15) is 12.1 Å². The van der Waals surface area contributed by atoms with Crippen LogP contribution in [-0.2, 0) is 0 Å². The zero-order valence-electron chi connectivity index (χ0n) is 7.49. The molecule has 4 nitrogen and oxygen atoms in total. The predicted octanol–water partition coefficient (Wildman–Crippen LogP) is 1.36. The van der Waals surface area contributed by atoms with E-state index in [0.717, 1.165) is 0 Å². The van der Waals surface area contributed by atoms with Gasteiger partial charge < -0.3 is 10.5 Å². The van der Waals surface area contributed by atoms with E-state index in [1.54, 1.807) is 6.07 Å². The van der Waals surface area contributed by atoms with Crippen LogP contribution in [0.4, 0.5) is 10.2 Å². The Morgan fingerprint density at radius 3 is 2.86 bits per heavy atom. The second-order valence-electron chi connectivity index (χ2n) is 2.73. The maximum absolute atomic E-state index is 13.6. The molecule has 0 spiro atoms. The number of aromatic nitrogens is 2. The first-order valence-electron chi connectivity index (χ1n) is 3.96. The van der Waals surface area contributed by atoms with E-state index in [0.29, 0.717) is 5.52 Å². The average Bonchev–Trinajstić information content (AvgIpc) is 2.18. The quantitative estimate of drug-likeness (QED) is 0.742. The van der Waals surface area contributed by atoms with Gasteiger partial charge in [-0.25, -0.2) is 14.4 Å². The van der Waals surface area contributed by atoms with Crippen molar-refractivity contribution >= 4 is 16.7 Å². The van der Waals surface area contributed by atoms with Gasteiger partial charge in [-0.15, -0.1) is 0 Å². The van der Waals surface area contributed by atoms with Crippen molar-refractivity contribution in [3.05, 3.63) is 24.3 Å². The highest BCUT2D eigenvalue weighted by atomic mass is 19.1. The summed E-state index contributed by atoms with van der Waals surface area (Å²) in [6, 6.07) is 3.14. The molecule has 1 heterocycles. The molecule has 0 amide bonds. The molecule has 0 unspecified atom stereocenters. The number of hydrogen-bond acceptors (Lipinski definition) is 4. The van der Waals surface area contributed by atoms with E-state index in [1.807, 2.05) is 0 Å². The number of benzene rings is 1. The van der Waals surface area contributed by atoms with Gasteiger partial charge in [-0.05, 0) is 12.1 Å². The highest BCUT2D eigenvalue weighted by molar-refractivity contribution is 5.89. The van der Waals surface area contributed by atoms with E-state index in [-0.39, 0.29) is 17.0 Å². The van der Waals surface area contributed by atoms with Crippen molar-refractivity contribution in [2.24, 2.45) is 0 Å². The van der Waals surface area contributed by atoms with Gasteiger partial charge in [0, 0.05) is 0 Å². The number of anilines is 1. The van der Waals surface area contributed by atoms with Crippen LogP contribution in [0.2, 0.25) is 0 Å². The minimum atomic E-state index is -0.525. The molecule has 0 fully saturated rings. The fraction of sp³-hybridized carbons (Fsp3) is 0.111. The largest absolute Gasteiger partial charge is 0.494 e. The highest BCUT2D eigenvalue weighted by Gasteiger charge is 2.11. The monoisotopic (exact) mass is 193 g/mol. The maximum Gasteiger partial charge on any atom is 0.178 e. The van der Waals surface area contributed by atoms with Crippen LogP contribution >= 0.6 is 0 Å². The lowest BCUT2D eigenvalue weighted by atomic mass is 10.2. The number of nitrogens with zero attached hydrogens (tertiary/aromatic N) is 2. The Labute approximate surface area is 79.5 Å². The SMILES string of the molecule is COc1ccc2ncnc(N)c2c1F. The van der Waals surface area contributed by atoms with Gasteiger partial charge >= 0.3 is 0 Å². The number of nitrogens with two attached hydrogens (primary N) is 1. The molecule has 2 aromatic rings. The van der Waals surface area contributed by atoms with Gasteiger partial charge in [-0.2, -0.15) is 0 Å². The van der Waals surface area contributed by atoms with Crippen molar-refractivity contribution in [3.63, 3.8) is 0 Å². The first kappa shape index (κ1) is 8.68. The van der Waals surface area contributed by atoms with E-state index in [4.69, 9.17) is 10.5 Å². The van der Waals surface area contributed by atoms with E-state index >= 15 is 0 Å². The summed E-state index contributed by atoms with van der Waals surface area (Å²) in [7, 11) is 1.39. The number of methoxy groups -OCH3 is 1. The Morgan fingerprint density at radius 1 is 1.36 bits per heavy atom. The van der Waals surface area contributed by atoms with Crippen LogP contribution in [-0.4, -0.2) is 17.1 Å². The molecule has 0 bridgehead atoms. The molecule has 2 rings (SSSR count). The van der Waals surface area contributed by atoms with Crippen LogP contribution in [0.1, 0.15) is 0 Å². The van der Waals surface area contributed by atoms with Crippen LogP contribution in [0, 0.1) is 5.82 Å². The second kappa shape index (κ2) is 3.10. The van der Waals surface area contributed by atoms with Crippen LogP contribution in [0.25, 0.3) is 10.9 Å². The Balaban J connectivity index is 2.86. The molecule has 1 aromatic heterocycles. The van der Waals surface area contributed by atoms with Gasteiger partial charge in [-0.3, -0.25) is 0 Å². The summed E-state index contributed by atoms with van der Waals surface area (Å²) < 4.78 is 18.5. The van der Waals surface area contributed by atoms with Crippen LogP contribution in [0.5, 0.6) is 5.75 Å². The molecule has 0 atom stereocenters. The van der Waals surface area contributed by atoms with Gasteiger partial charge in [0.2, 0.25) is 0 Å². The number of hydrogen-bond donors (Lipinski definition) is 1. The van der Waals surface area contributed by atoms with Gasteiger partial charge in [0.25, 0.3) is 0 Å². The minimum Gasteiger partial charge on any atom is -0.494 e. The van der Waals surface area contributed by atoms with Gasteiger partial charge in [0.05, 0.1) is 18.0 Å². The van der Waals surface area contributed by atoms with Crippen LogP contribution in [0.15, 0.2) is 18.5 Å². The first-order chi connectivity index (χ1) is 6.74. The third-order valence-corrected chi connectivity index (χ3v) is 1.95. The molecule has 5 heteroatoms. The molecule has 0 saturated carbocycles. The molecule has 1 aromatic carbocycles. The smallest absolute Gasteiger partial charge is 0.178 e. The number of halogens is 1. The van der Waals surface area contributed by atoms with Gasteiger partial charge in [0.15, 0.2) is 11.6 Å². The van der Waals surface area contributed by atoms with Crippen molar-refractivity contribution in [3.8, 4) is 5.75 Å². The van der Waals surface area contributed by atoms with Crippen molar-refractivity contribution in [2.75, 3.05) is 12.8 Å². The number of ether oxygens (including phenoxy) is 1. The molecule has 0 aliphatic carbocycles. The number of fused-ring (bicyclic) bond motifs is 1. The summed E-state index contributed by atoms with van der Waals surface area (Å²) in [5.41, 5.74) is 6.00. The molecule has 0 radical (unpaired) electrons. The molecule has 72 valence electrons. The van der Waals surface area contributed by atoms with Crippen molar-refractivity contribution < 1.29 is 9.13 Å². The summed E-state index contributed by atoms with van der Waals surface area (Å²) in [4.78, 5) is 7.61. The molecule has 14 heavy (non-hydrogen) atoms. The lowest BCUT2D eigenvalue weighted by Crippen LogP contribution is -1.97. The lowest BCUT2D eigenvalue weighted by molar-refractivity contribution is 0.389. The molecule has 0 aliphatic heterocycles. The lowest BCUT2D eigenvalue weighted by Gasteiger charge is -2.05.